The molecule has 1 aliphatic heterocycles. The summed E-state index contributed by atoms with van der Waals surface area (Å²) in [5, 5.41) is 25.6. The summed E-state index contributed by atoms with van der Waals surface area (Å²) in [6, 6.07) is 9.44. The molecular formula is C18H15N4O5S+. The first-order valence-corrected chi connectivity index (χ1v) is 8.94. The molecule has 10 heteroatoms. The lowest BCUT2D eigenvalue weighted by molar-refractivity contribution is 0.0605. The van der Waals surface area contributed by atoms with E-state index in [-0.39, 0.29) is 28.5 Å². The van der Waals surface area contributed by atoms with E-state index in [0.29, 0.717) is 10.4 Å². The van der Waals surface area contributed by atoms with Crippen molar-refractivity contribution >= 4 is 40.8 Å². The maximum absolute atomic E-state index is 12.6. The Labute approximate surface area is 163 Å². The van der Waals surface area contributed by atoms with Gasteiger partial charge < -0.3 is 15.2 Å². The number of esters is 1. The van der Waals surface area contributed by atoms with Crippen LogP contribution in [-0.4, -0.2) is 42.6 Å². The number of quaternary nitrogens is 1. The zero-order valence-electron chi connectivity index (χ0n) is 14.9. The van der Waals surface area contributed by atoms with Gasteiger partial charge in [0.15, 0.2) is 5.69 Å². The summed E-state index contributed by atoms with van der Waals surface area (Å²) in [6.07, 6.45) is -1.24. The first-order valence-electron chi connectivity index (χ1n) is 8.12. The van der Waals surface area contributed by atoms with Crippen molar-refractivity contribution in [2.24, 2.45) is 5.10 Å². The van der Waals surface area contributed by atoms with Gasteiger partial charge in [-0.1, -0.05) is 10.7 Å². The number of thiophene rings is 1. The summed E-state index contributed by atoms with van der Waals surface area (Å²) >= 11 is 0.991. The van der Waals surface area contributed by atoms with E-state index in [0.717, 1.165) is 11.3 Å². The summed E-state index contributed by atoms with van der Waals surface area (Å²) in [5.41, 5.74) is 0.821. The first kappa shape index (κ1) is 19.2. The third-order valence-electron chi connectivity index (χ3n) is 4.24. The highest BCUT2D eigenvalue weighted by atomic mass is 32.1. The second-order valence-electron chi connectivity index (χ2n) is 5.78. The zero-order valence-corrected chi connectivity index (χ0v) is 15.7. The average molecular weight is 399 g/mol. The maximum atomic E-state index is 12.6. The molecule has 1 unspecified atom stereocenters. The molecule has 0 spiro atoms. The van der Waals surface area contributed by atoms with Crippen LogP contribution in [0.2, 0.25) is 0 Å². The summed E-state index contributed by atoms with van der Waals surface area (Å²) in [4.78, 5) is 37.0. The minimum absolute atomic E-state index is 0.0479. The highest BCUT2D eigenvalue weighted by molar-refractivity contribution is 7.16. The topological polar surface area (TPSA) is 129 Å². The van der Waals surface area contributed by atoms with Crippen LogP contribution in [0.1, 0.15) is 37.4 Å². The SMILES string of the molecule is CC[N+]1(C(=O)O)N=C(NC(=O)c2cccc(C#N)c2)c2sc(C(=O)OC)cc21. The van der Waals surface area contributed by atoms with Crippen LogP contribution in [0.5, 0.6) is 0 Å². The molecule has 0 saturated heterocycles. The number of fused-ring (bicyclic) bond motifs is 1. The maximum Gasteiger partial charge on any atom is 0.546 e. The third-order valence-corrected chi connectivity index (χ3v) is 5.35. The molecule has 3 rings (SSSR count). The van der Waals surface area contributed by atoms with E-state index >= 15 is 0 Å². The highest BCUT2D eigenvalue weighted by Gasteiger charge is 2.50. The normalized spacial score (nSPS) is 17.2. The Bertz CT molecular complexity index is 1070. The van der Waals surface area contributed by atoms with E-state index in [1.165, 1.54) is 25.3 Å². The van der Waals surface area contributed by atoms with Crippen LogP contribution in [0.25, 0.3) is 0 Å². The Kier molecular flexibility index (Phi) is 4.96. The van der Waals surface area contributed by atoms with Gasteiger partial charge in [0, 0.05) is 11.6 Å². The van der Waals surface area contributed by atoms with E-state index in [9.17, 15) is 19.5 Å². The lowest BCUT2D eigenvalue weighted by atomic mass is 10.1. The molecule has 1 atom stereocenters. The van der Waals surface area contributed by atoms with Crippen molar-refractivity contribution < 1.29 is 24.2 Å². The van der Waals surface area contributed by atoms with Crippen LogP contribution < -0.4 is 9.91 Å². The number of ether oxygens (including phenoxy) is 1. The highest BCUT2D eigenvalue weighted by Crippen LogP contribution is 2.41. The molecule has 2 heterocycles. The molecular weight excluding hydrogens is 384 g/mol. The van der Waals surface area contributed by atoms with Crippen LogP contribution in [0.3, 0.4) is 0 Å². The standard InChI is InChI=1S/C18H14N4O5S/c1-3-22(18(25)26)12-8-13(17(24)27-2)28-14(12)15(21-22)20-16(23)11-6-4-5-10(7-11)9-19/h4-8H,3H2,1-2H3,(H-,20,21,23,25,26)/p+1. The molecule has 2 N–H and O–H groups in total. The van der Waals surface area contributed by atoms with Gasteiger partial charge in [0.25, 0.3) is 5.91 Å². The van der Waals surface area contributed by atoms with Gasteiger partial charge in [-0.25, -0.2) is 4.79 Å². The number of carboxylic acid groups (broad SMARTS) is 1. The Balaban J connectivity index is 2.04. The predicted molar refractivity (Wildman–Crippen MR) is 101 cm³/mol. The number of nitriles is 1. The second-order valence-corrected chi connectivity index (χ2v) is 6.83. The molecule has 0 radical (unpaired) electrons. The number of amidine groups is 1. The number of amides is 2. The van der Waals surface area contributed by atoms with Crippen molar-refractivity contribution in [2.45, 2.75) is 6.92 Å². The fourth-order valence-corrected chi connectivity index (χ4v) is 3.87. The monoisotopic (exact) mass is 399 g/mol. The number of benzene rings is 1. The molecule has 1 aliphatic rings. The molecule has 2 aromatic rings. The van der Waals surface area contributed by atoms with E-state index in [4.69, 9.17) is 10.00 Å². The van der Waals surface area contributed by atoms with Crippen molar-refractivity contribution in [1.82, 2.24) is 9.91 Å². The van der Waals surface area contributed by atoms with Gasteiger partial charge in [0.2, 0.25) is 5.84 Å². The summed E-state index contributed by atoms with van der Waals surface area (Å²) in [6.45, 7) is 1.71. The lowest BCUT2D eigenvalue weighted by Crippen LogP contribution is -2.47. The molecule has 142 valence electrons. The molecule has 0 bridgehead atoms. The summed E-state index contributed by atoms with van der Waals surface area (Å²) < 4.78 is 3.91. The van der Waals surface area contributed by atoms with E-state index in [2.05, 4.69) is 10.4 Å². The van der Waals surface area contributed by atoms with Crippen molar-refractivity contribution in [3.8, 4) is 6.07 Å². The molecule has 1 aromatic carbocycles. The number of carbonyl (C=O) groups excluding carboxylic acids is 2. The van der Waals surface area contributed by atoms with Crippen molar-refractivity contribution in [1.29, 1.82) is 5.26 Å². The molecule has 0 fully saturated rings. The van der Waals surface area contributed by atoms with Gasteiger partial charge in [-0.2, -0.15) is 10.1 Å². The molecule has 1 aromatic heterocycles. The van der Waals surface area contributed by atoms with Crippen LogP contribution in [0, 0.1) is 11.3 Å². The van der Waals surface area contributed by atoms with Crippen molar-refractivity contribution in [2.75, 3.05) is 13.7 Å². The predicted octanol–water partition coefficient (Wildman–Crippen LogP) is 2.52. The zero-order chi connectivity index (χ0) is 20.5. The number of methoxy groups -OCH3 is 1. The van der Waals surface area contributed by atoms with Crippen LogP contribution in [-0.2, 0) is 4.74 Å². The fourth-order valence-electron chi connectivity index (χ4n) is 2.81. The van der Waals surface area contributed by atoms with E-state index < -0.39 is 22.6 Å². The summed E-state index contributed by atoms with van der Waals surface area (Å²) in [5.74, 6) is -1.10. The van der Waals surface area contributed by atoms with Gasteiger partial charge in [-0.05, 0) is 30.2 Å². The number of nitrogens with zero attached hydrogens (tertiary/aromatic N) is 3. The first-order chi connectivity index (χ1) is 13.4. The lowest BCUT2D eigenvalue weighted by Gasteiger charge is -2.19. The minimum atomic E-state index is -1.24. The van der Waals surface area contributed by atoms with Crippen LogP contribution in [0.15, 0.2) is 35.4 Å². The Morgan fingerprint density at radius 1 is 1.36 bits per heavy atom. The number of carbonyl (C=O) groups is 3. The smallest absolute Gasteiger partial charge is 0.465 e. The third kappa shape index (κ3) is 3.02. The number of rotatable bonds is 3. The van der Waals surface area contributed by atoms with Gasteiger partial charge in [0.1, 0.15) is 16.3 Å². The van der Waals surface area contributed by atoms with E-state index in [1.807, 2.05) is 6.07 Å². The van der Waals surface area contributed by atoms with Gasteiger partial charge in [-0.3, -0.25) is 4.79 Å². The number of hydrogen-bond acceptors (Lipinski definition) is 7. The molecule has 2 amide bonds. The molecule has 0 aliphatic carbocycles. The Morgan fingerprint density at radius 2 is 2.11 bits per heavy atom. The Hall–Kier alpha value is -3.55. The molecule has 0 saturated carbocycles. The number of hydrogen-bond donors (Lipinski definition) is 2. The average Bonchev–Trinajstić information content (AvgIpc) is 3.26. The van der Waals surface area contributed by atoms with Crippen molar-refractivity contribution in [3.05, 3.63) is 51.2 Å². The quantitative estimate of drug-likeness (QED) is 0.603. The van der Waals surface area contributed by atoms with Crippen LogP contribution in [0.4, 0.5) is 10.5 Å². The van der Waals surface area contributed by atoms with Gasteiger partial charge in [-0.15, -0.1) is 11.3 Å². The van der Waals surface area contributed by atoms with Gasteiger partial charge in [0.05, 0.1) is 18.7 Å². The second kappa shape index (κ2) is 7.22. The number of nitrogens with one attached hydrogen (secondary N) is 1. The fraction of sp³-hybridized carbons (Fsp3) is 0.167. The van der Waals surface area contributed by atoms with E-state index in [1.54, 1.807) is 19.1 Å². The van der Waals surface area contributed by atoms with Crippen molar-refractivity contribution in [3.63, 3.8) is 0 Å². The largest absolute Gasteiger partial charge is 0.546 e. The van der Waals surface area contributed by atoms with Crippen LogP contribution >= 0.6 is 11.3 Å². The van der Waals surface area contributed by atoms with Gasteiger partial charge >= 0.3 is 12.1 Å². The Morgan fingerprint density at radius 3 is 2.71 bits per heavy atom. The molecule has 9 nitrogen and oxygen atoms in total. The molecule has 28 heavy (non-hydrogen) atoms. The summed E-state index contributed by atoms with van der Waals surface area (Å²) in [7, 11) is 1.23. The minimum Gasteiger partial charge on any atom is -0.465 e.